The van der Waals surface area contributed by atoms with Crippen LogP contribution >= 0.6 is 0 Å². The molecule has 0 aromatic rings. The second kappa shape index (κ2) is 5.99. The highest BCUT2D eigenvalue weighted by Gasteiger charge is 2.58. The van der Waals surface area contributed by atoms with Gasteiger partial charge < -0.3 is 0 Å². The van der Waals surface area contributed by atoms with E-state index < -0.39 is 0 Å². The normalized spacial score (nSPS) is 47.6. The molecule has 4 aliphatic rings. The van der Waals surface area contributed by atoms with E-state index in [0.29, 0.717) is 16.6 Å². The SMILES string of the molecule is CCCCC1CCC2C3CCC4=CC(=O)CCC4(C)C3CCC12C.[HH]. The summed E-state index contributed by atoms with van der Waals surface area (Å²) in [5.74, 6) is 4.14. The summed E-state index contributed by atoms with van der Waals surface area (Å²) in [6.45, 7) is 7.50. The van der Waals surface area contributed by atoms with Crippen LogP contribution in [0.15, 0.2) is 11.6 Å². The molecule has 3 fully saturated rings. The summed E-state index contributed by atoms with van der Waals surface area (Å²) in [5, 5.41) is 0. The van der Waals surface area contributed by atoms with E-state index in [4.69, 9.17) is 0 Å². The Bertz CT molecular complexity index is 552. The topological polar surface area (TPSA) is 17.1 Å². The Morgan fingerprint density at radius 1 is 1.08 bits per heavy atom. The number of ketones is 1. The third-order valence-electron chi connectivity index (χ3n) is 9.06. The van der Waals surface area contributed by atoms with E-state index in [1.165, 1.54) is 63.4 Å². The fourth-order valence-electron chi connectivity index (χ4n) is 7.59. The number of unbranched alkanes of at least 4 members (excludes halogenated alkanes) is 1. The maximum absolute atomic E-state index is 11.9. The highest BCUT2D eigenvalue weighted by molar-refractivity contribution is 5.91. The first-order valence-electron chi connectivity index (χ1n) is 10.7. The molecule has 1 nitrogen and oxygen atoms in total. The molecule has 0 aromatic heterocycles. The van der Waals surface area contributed by atoms with Crippen molar-refractivity contribution in [2.24, 2.45) is 34.5 Å². The van der Waals surface area contributed by atoms with Crippen LogP contribution in [-0.2, 0) is 4.79 Å². The van der Waals surface area contributed by atoms with Gasteiger partial charge in [0.1, 0.15) is 0 Å². The van der Waals surface area contributed by atoms with E-state index in [1.807, 2.05) is 6.08 Å². The van der Waals surface area contributed by atoms with Gasteiger partial charge in [-0.25, -0.2) is 0 Å². The average Bonchev–Trinajstić information content (AvgIpc) is 2.90. The molecule has 0 amide bonds. The third kappa shape index (κ3) is 2.36. The molecule has 6 atom stereocenters. The van der Waals surface area contributed by atoms with E-state index >= 15 is 0 Å². The van der Waals surface area contributed by atoms with Crippen molar-refractivity contribution in [3.05, 3.63) is 11.6 Å². The van der Waals surface area contributed by atoms with Crippen molar-refractivity contribution in [2.45, 2.75) is 91.4 Å². The van der Waals surface area contributed by atoms with Crippen LogP contribution in [0.25, 0.3) is 0 Å². The molecule has 0 aliphatic heterocycles. The quantitative estimate of drug-likeness (QED) is 0.572. The Labute approximate surface area is 150 Å². The van der Waals surface area contributed by atoms with Gasteiger partial charge in [-0.2, -0.15) is 0 Å². The highest BCUT2D eigenvalue weighted by Crippen LogP contribution is 2.67. The second-order valence-corrected chi connectivity index (χ2v) is 9.93. The van der Waals surface area contributed by atoms with Crippen molar-refractivity contribution in [2.75, 3.05) is 0 Å². The molecule has 4 rings (SSSR count). The molecular weight excluding hydrogens is 292 g/mol. The molecule has 0 heterocycles. The minimum atomic E-state index is 0. The van der Waals surface area contributed by atoms with Crippen molar-refractivity contribution in [3.63, 3.8) is 0 Å². The Hall–Kier alpha value is -0.590. The van der Waals surface area contributed by atoms with Gasteiger partial charge in [-0.1, -0.05) is 39.2 Å². The molecule has 0 spiro atoms. The lowest BCUT2D eigenvalue weighted by atomic mass is 9.46. The van der Waals surface area contributed by atoms with Crippen LogP contribution in [0.5, 0.6) is 0 Å². The monoisotopic (exact) mass is 330 g/mol. The van der Waals surface area contributed by atoms with Gasteiger partial charge in [0.05, 0.1) is 0 Å². The number of carbonyl (C=O) groups is 1. The van der Waals surface area contributed by atoms with Crippen molar-refractivity contribution >= 4 is 5.78 Å². The van der Waals surface area contributed by atoms with Crippen LogP contribution in [-0.4, -0.2) is 5.78 Å². The van der Waals surface area contributed by atoms with E-state index in [1.54, 1.807) is 0 Å². The predicted octanol–water partition coefficient (Wildman–Crippen LogP) is 6.57. The summed E-state index contributed by atoms with van der Waals surface area (Å²) < 4.78 is 0. The van der Waals surface area contributed by atoms with E-state index in [-0.39, 0.29) is 1.43 Å². The molecule has 0 saturated heterocycles. The Morgan fingerprint density at radius 2 is 1.92 bits per heavy atom. The van der Waals surface area contributed by atoms with Crippen molar-refractivity contribution in [1.29, 1.82) is 0 Å². The van der Waals surface area contributed by atoms with E-state index in [9.17, 15) is 4.79 Å². The Kier molecular flexibility index (Phi) is 4.21. The molecule has 6 unspecified atom stereocenters. The number of hydrogen-bond donors (Lipinski definition) is 0. The smallest absolute Gasteiger partial charge is 0.155 e. The van der Waals surface area contributed by atoms with Gasteiger partial charge >= 0.3 is 0 Å². The van der Waals surface area contributed by atoms with Gasteiger partial charge in [-0.05, 0) is 91.9 Å². The first-order chi connectivity index (χ1) is 11.5. The fraction of sp³-hybridized carbons (Fsp3) is 0.870. The van der Waals surface area contributed by atoms with Gasteiger partial charge in [-0.3, -0.25) is 4.79 Å². The zero-order valence-corrected chi connectivity index (χ0v) is 16.1. The highest BCUT2D eigenvalue weighted by atomic mass is 16.1. The first kappa shape index (κ1) is 16.9. The van der Waals surface area contributed by atoms with Crippen molar-refractivity contribution < 1.29 is 6.22 Å². The van der Waals surface area contributed by atoms with Gasteiger partial charge in [0.15, 0.2) is 5.78 Å². The maximum Gasteiger partial charge on any atom is 0.155 e. The number of rotatable bonds is 3. The van der Waals surface area contributed by atoms with Gasteiger partial charge in [0.25, 0.3) is 0 Å². The molecule has 4 aliphatic carbocycles. The lowest BCUT2D eigenvalue weighted by molar-refractivity contribution is -0.117. The van der Waals surface area contributed by atoms with Crippen LogP contribution in [0.4, 0.5) is 0 Å². The number of allylic oxidation sites excluding steroid dienone is 1. The van der Waals surface area contributed by atoms with E-state index in [0.717, 1.165) is 36.5 Å². The molecule has 0 aromatic carbocycles. The summed E-state index contributed by atoms with van der Waals surface area (Å²) >= 11 is 0. The zero-order chi connectivity index (χ0) is 16.9. The number of carbonyl (C=O) groups excluding carboxylic acids is 1. The van der Waals surface area contributed by atoms with Gasteiger partial charge in [0.2, 0.25) is 0 Å². The molecular formula is C23H38O. The Balaban J connectivity index is 0.00000182. The molecule has 1 heteroatoms. The molecule has 0 bridgehead atoms. The summed E-state index contributed by atoms with van der Waals surface area (Å²) in [6, 6.07) is 0. The van der Waals surface area contributed by atoms with Gasteiger partial charge in [-0.15, -0.1) is 0 Å². The number of fused-ring (bicyclic) bond motifs is 5. The van der Waals surface area contributed by atoms with Crippen LogP contribution in [0.1, 0.15) is 92.8 Å². The van der Waals surface area contributed by atoms with Crippen molar-refractivity contribution in [3.8, 4) is 0 Å². The largest absolute Gasteiger partial charge is 0.295 e. The maximum atomic E-state index is 11.9. The van der Waals surface area contributed by atoms with Crippen molar-refractivity contribution in [1.82, 2.24) is 0 Å². The standard InChI is InChI=1S/C23H36O.H2/c1-4-5-6-16-8-10-20-19-9-7-17-15-18(24)11-13-23(17,3)21(19)12-14-22(16,20)2;/h15-16,19-21H,4-14H2,1-3H3;1H. The Morgan fingerprint density at radius 3 is 2.71 bits per heavy atom. The summed E-state index contributed by atoms with van der Waals surface area (Å²) in [5.41, 5.74) is 2.49. The summed E-state index contributed by atoms with van der Waals surface area (Å²) in [4.78, 5) is 11.9. The second-order valence-electron chi connectivity index (χ2n) is 9.93. The molecule has 0 N–H and O–H groups in total. The average molecular weight is 331 g/mol. The molecule has 136 valence electrons. The lowest BCUT2D eigenvalue weighted by Crippen LogP contribution is -2.50. The minimum Gasteiger partial charge on any atom is -0.295 e. The zero-order valence-electron chi connectivity index (χ0n) is 16.1. The van der Waals surface area contributed by atoms with Crippen LogP contribution < -0.4 is 0 Å². The summed E-state index contributed by atoms with van der Waals surface area (Å²) in [7, 11) is 0. The first-order valence-corrected chi connectivity index (χ1v) is 10.7. The predicted molar refractivity (Wildman–Crippen MR) is 102 cm³/mol. The molecule has 24 heavy (non-hydrogen) atoms. The van der Waals surface area contributed by atoms with Crippen LogP contribution in [0, 0.1) is 34.5 Å². The number of hydrogen-bond acceptors (Lipinski definition) is 1. The van der Waals surface area contributed by atoms with Gasteiger partial charge in [0, 0.05) is 7.85 Å². The summed E-state index contributed by atoms with van der Waals surface area (Å²) in [6.07, 6.45) is 16.6. The third-order valence-corrected chi connectivity index (χ3v) is 9.06. The molecule has 3 saturated carbocycles. The minimum absolute atomic E-state index is 0. The molecule has 0 radical (unpaired) electrons. The lowest BCUT2D eigenvalue weighted by Gasteiger charge is -2.58. The van der Waals surface area contributed by atoms with Crippen LogP contribution in [0.3, 0.4) is 0 Å². The van der Waals surface area contributed by atoms with Crippen LogP contribution in [0.2, 0.25) is 0 Å². The van der Waals surface area contributed by atoms with E-state index in [2.05, 4.69) is 20.8 Å². The fourth-order valence-corrected chi connectivity index (χ4v) is 7.59.